The van der Waals surface area contributed by atoms with Crippen LogP contribution in [0.25, 0.3) is 27.8 Å². The second kappa shape index (κ2) is 13.8. The maximum atomic E-state index is 2.59. The summed E-state index contributed by atoms with van der Waals surface area (Å²) in [5.41, 5.74) is 21.6. The Hall–Kier alpha value is -5.92. The zero-order valence-corrected chi connectivity index (χ0v) is 36.0. The van der Waals surface area contributed by atoms with Gasteiger partial charge in [0.2, 0.25) is 0 Å². The molecule has 12 rings (SSSR count). The summed E-state index contributed by atoms with van der Waals surface area (Å²) in [4.78, 5) is 2.47. The van der Waals surface area contributed by atoms with Crippen molar-refractivity contribution in [2.24, 2.45) is 46.3 Å². The van der Waals surface area contributed by atoms with Crippen LogP contribution in [-0.2, 0) is 0 Å². The van der Waals surface area contributed by atoms with Crippen LogP contribution in [0, 0.1) is 46.3 Å². The Morgan fingerprint density at radius 3 is 1.97 bits per heavy atom. The molecule has 0 bridgehead atoms. The maximum Gasteiger partial charge on any atom is 0.0461 e. The summed E-state index contributed by atoms with van der Waals surface area (Å²) in [7, 11) is 0. The van der Waals surface area contributed by atoms with Crippen molar-refractivity contribution >= 4 is 16.9 Å². The van der Waals surface area contributed by atoms with Crippen LogP contribution in [-0.4, -0.2) is 0 Å². The number of hydrogen-bond acceptors (Lipinski definition) is 1. The van der Waals surface area contributed by atoms with Crippen molar-refractivity contribution in [3.63, 3.8) is 0 Å². The SMILES string of the molecule is CC1(C)C2=CC(C3C=CC(N(c4ccc(C5=CC6=C7C8C=CC=CC8C(C)(C)C7C56)cc4)c4ccc(-c5ccc(-c6ccccc6)cc5)cc4)=CC3)=CCC2C2=C1C=CCC2. The molecule has 8 aliphatic rings. The van der Waals surface area contributed by atoms with E-state index in [0.29, 0.717) is 35.5 Å². The Morgan fingerprint density at radius 2 is 1.28 bits per heavy atom. The molecule has 0 aliphatic heterocycles. The highest BCUT2D eigenvalue weighted by Gasteiger charge is 2.62. The van der Waals surface area contributed by atoms with E-state index in [1.807, 2.05) is 0 Å². The van der Waals surface area contributed by atoms with Crippen LogP contribution in [0.5, 0.6) is 0 Å². The van der Waals surface area contributed by atoms with Crippen molar-refractivity contribution in [1.82, 2.24) is 0 Å². The summed E-state index contributed by atoms with van der Waals surface area (Å²) in [6.07, 6.45) is 33.8. The van der Waals surface area contributed by atoms with Gasteiger partial charge in [-0.2, -0.15) is 0 Å². The van der Waals surface area contributed by atoms with E-state index in [1.54, 1.807) is 27.9 Å². The number of anilines is 2. The molecule has 1 heteroatoms. The summed E-state index contributed by atoms with van der Waals surface area (Å²) >= 11 is 0. The second-order valence-electron chi connectivity index (χ2n) is 19.9. The molecule has 6 unspecified atom stereocenters. The third-order valence-electron chi connectivity index (χ3n) is 16.1. The smallest absolute Gasteiger partial charge is 0.0461 e. The molecular weight excluding hydrogens is 735 g/mol. The Kier molecular flexibility index (Phi) is 8.35. The summed E-state index contributed by atoms with van der Waals surface area (Å²) in [6, 6.07) is 38.3. The quantitative estimate of drug-likeness (QED) is 0.180. The molecule has 0 saturated heterocycles. The number of allylic oxidation sites excluding steroid dienone is 19. The van der Waals surface area contributed by atoms with E-state index in [-0.39, 0.29) is 10.8 Å². The number of benzene rings is 4. The molecule has 4 aromatic carbocycles. The molecule has 1 saturated carbocycles. The first-order valence-corrected chi connectivity index (χ1v) is 22.9. The lowest BCUT2D eigenvalue weighted by Crippen LogP contribution is -2.41. The predicted octanol–water partition coefficient (Wildman–Crippen LogP) is 15.5. The average Bonchev–Trinajstić information content (AvgIpc) is 3.64. The fourth-order valence-corrected chi connectivity index (χ4v) is 12.9. The molecule has 61 heavy (non-hydrogen) atoms. The van der Waals surface area contributed by atoms with Crippen molar-refractivity contribution in [3.05, 3.63) is 221 Å². The first kappa shape index (κ1) is 36.9. The monoisotopic (exact) mass is 789 g/mol. The van der Waals surface area contributed by atoms with Crippen LogP contribution < -0.4 is 4.90 Å². The average molecular weight is 790 g/mol. The molecule has 6 atom stereocenters. The molecule has 1 nitrogen and oxygen atoms in total. The number of nitrogens with zero attached hydrogens (tertiary/aromatic N) is 1. The van der Waals surface area contributed by atoms with Crippen molar-refractivity contribution in [2.75, 3.05) is 4.90 Å². The number of fused-ring (bicyclic) bond motifs is 7. The highest BCUT2D eigenvalue weighted by molar-refractivity contribution is 5.87. The molecule has 0 heterocycles. The summed E-state index contributed by atoms with van der Waals surface area (Å²) in [6.45, 7) is 9.92. The van der Waals surface area contributed by atoms with Gasteiger partial charge in [0.25, 0.3) is 0 Å². The molecular formula is C60H55N. The highest BCUT2D eigenvalue weighted by Crippen LogP contribution is 2.71. The molecule has 4 aromatic rings. The van der Waals surface area contributed by atoms with Gasteiger partial charge in [-0.25, -0.2) is 0 Å². The Balaban J connectivity index is 0.835. The van der Waals surface area contributed by atoms with Crippen LogP contribution in [0.3, 0.4) is 0 Å². The largest absolute Gasteiger partial charge is 0.311 e. The van der Waals surface area contributed by atoms with E-state index in [2.05, 4.69) is 209 Å². The van der Waals surface area contributed by atoms with Crippen molar-refractivity contribution in [3.8, 4) is 22.3 Å². The second-order valence-corrected chi connectivity index (χ2v) is 19.9. The minimum Gasteiger partial charge on any atom is -0.311 e. The summed E-state index contributed by atoms with van der Waals surface area (Å²) < 4.78 is 0. The molecule has 0 aromatic heterocycles. The lowest BCUT2D eigenvalue weighted by Gasteiger charge is -2.51. The Labute approximate surface area is 363 Å². The molecule has 1 fully saturated rings. The zero-order valence-electron chi connectivity index (χ0n) is 36.0. The molecule has 0 N–H and O–H groups in total. The van der Waals surface area contributed by atoms with Gasteiger partial charge in [-0.15, -0.1) is 0 Å². The highest BCUT2D eigenvalue weighted by atomic mass is 15.1. The van der Waals surface area contributed by atoms with Gasteiger partial charge in [-0.1, -0.05) is 190 Å². The predicted molar refractivity (Wildman–Crippen MR) is 256 cm³/mol. The third kappa shape index (κ3) is 5.65. The lowest BCUT2D eigenvalue weighted by atomic mass is 9.52. The molecule has 8 aliphatic carbocycles. The van der Waals surface area contributed by atoms with Crippen LogP contribution in [0.1, 0.15) is 58.9 Å². The number of rotatable bonds is 7. The van der Waals surface area contributed by atoms with Gasteiger partial charge >= 0.3 is 0 Å². The van der Waals surface area contributed by atoms with Crippen molar-refractivity contribution < 1.29 is 0 Å². The summed E-state index contributed by atoms with van der Waals surface area (Å²) in [5, 5.41) is 0. The van der Waals surface area contributed by atoms with Crippen LogP contribution >= 0.6 is 0 Å². The molecule has 0 spiro atoms. The van der Waals surface area contributed by atoms with E-state index in [9.17, 15) is 0 Å². The van der Waals surface area contributed by atoms with Gasteiger partial charge in [0.05, 0.1) is 0 Å². The molecule has 0 amide bonds. The first-order valence-electron chi connectivity index (χ1n) is 22.9. The van der Waals surface area contributed by atoms with Crippen LogP contribution in [0.4, 0.5) is 11.4 Å². The van der Waals surface area contributed by atoms with Crippen LogP contribution in [0.15, 0.2) is 215 Å². The summed E-state index contributed by atoms with van der Waals surface area (Å²) in [5.74, 6) is 3.38. The van der Waals surface area contributed by atoms with E-state index in [4.69, 9.17) is 0 Å². The Bertz CT molecular complexity index is 2780. The number of hydrogen-bond donors (Lipinski definition) is 0. The minimum absolute atomic E-state index is 0.115. The van der Waals surface area contributed by atoms with Gasteiger partial charge in [0.15, 0.2) is 0 Å². The lowest BCUT2D eigenvalue weighted by molar-refractivity contribution is 0.181. The van der Waals surface area contributed by atoms with Gasteiger partial charge in [-0.05, 0) is 123 Å². The van der Waals surface area contributed by atoms with Crippen molar-refractivity contribution in [1.29, 1.82) is 0 Å². The minimum atomic E-state index is 0.115. The zero-order chi connectivity index (χ0) is 41.0. The third-order valence-corrected chi connectivity index (χ3v) is 16.1. The maximum absolute atomic E-state index is 2.59. The Morgan fingerprint density at radius 1 is 0.623 bits per heavy atom. The topological polar surface area (TPSA) is 3.24 Å². The molecule has 300 valence electrons. The standard InChI is InChI=1S/C60H55N/c1-59(2)53-16-10-8-14-48(53)49-35-28-44(36-55(49)59)42-24-31-46(32-25-42)61(45-29-22-41(23-30-45)40-20-18-39(19-21-40)38-12-6-5-7-13-38)47-33-26-43(27-34-47)51-37-52-56-50-15-9-11-17-54(50)60(3,4)58(56)57(51)52/h5-7,9-13,15-24,26-34,36-37,42,49-50,54,57-58H,8,14,25,35H2,1-4H3. The van der Waals surface area contributed by atoms with E-state index in [1.165, 1.54) is 68.9 Å². The first-order chi connectivity index (χ1) is 29.8. The van der Waals surface area contributed by atoms with Gasteiger partial charge < -0.3 is 4.90 Å². The van der Waals surface area contributed by atoms with Crippen LogP contribution in [0.2, 0.25) is 0 Å². The van der Waals surface area contributed by atoms with Gasteiger partial charge in [0.1, 0.15) is 0 Å². The van der Waals surface area contributed by atoms with Crippen molar-refractivity contribution in [2.45, 2.75) is 53.4 Å². The van der Waals surface area contributed by atoms with Gasteiger partial charge in [0, 0.05) is 46.2 Å². The van der Waals surface area contributed by atoms with E-state index >= 15 is 0 Å². The fraction of sp³-hybridized carbons (Fsp3) is 0.267. The van der Waals surface area contributed by atoms with Gasteiger partial charge in [-0.3, -0.25) is 0 Å². The molecule has 0 radical (unpaired) electrons. The fourth-order valence-electron chi connectivity index (χ4n) is 12.9. The van der Waals surface area contributed by atoms with E-state index in [0.717, 1.165) is 12.8 Å². The normalized spacial score (nSPS) is 28.0. The van der Waals surface area contributed by atoms with E-state index < -0.39 is 0 Å².